The molecule has 0 bridgehead atoms. The van der Waals surface area contributed by atoms with E-state index in [2.05, 4.69) is 24.2 Å². The monoisotopic (exact) mass is 312 g/mol. The maximum absolute atomic E-state index is 11.9. The number of aryl methyl sites for hydroxylation is 1. The molecule has 1 aliphatic heterocycles. The number of halogens is 1. The van der Waals surface area contributed by atoms with Crippen molar-refractivity contribution in [2.45, 2.75) is 26.3 Å². The number of benzene rings is 2. The molecule has 0 aliphatic carbocycles. The molecule has 22 heavy (non-hydrogen) atoms. The van der Waals surface area contributed by atoms with Gasteiger partial charge in [-0.15, -0.1) is 0 Å². The van der Waals surface area contributed by atoms with E-state index in [1.165, 1.54) is 17.5 Å². The van der Waals surface area contributed by atoms with E-state index in [9.17, 15) is 4.79 Å². The van der Waals surface area contributed by atoms with Gasteiger partial charge in [-0.2, -0.15) is 5.10 Å². The van der Waals surface area contributed by atoms with Crippen LogP contribution in [0.4, 0.5) is 0 Å². The SMILES string of the molecule is CC(=O)N1N=C(c2ccc(C)cc2)CC1c1ccccc1Cl. The summed E-state index contributed by atoms with van der Waals surface area (Å²) in [6.07, 6.45) is 0.673. The highest BCUT2D eigenvalue weighted by atomic mass is 35.5. The summed E-state index contributed by atoms with van der Waals surface area (Å²) in [5, 5.41) is 6.73. The van der Waals surface area contributed by atoms with Crippen LogP contribution in [0, 0.1) is 6.92 Å². The third kappa shape index (κ3) is 2.77. The maximum atomic E-state index is 11.9. The number of rotatable bonds is 2. The molecule has 3 rings (SSSR count). The number of carbonyl (C=O) groups is 1. The van der Waals surface area contributed by atoms with Crippen LogP contribution in [-0.4, -0.2) is 16.6 Å². The molecule has 1 unspecified atom stereocenters. The lowest BCUT2D eigenvalue weighted by Gasteiger charge is -2.21. The molecule has 1 aliphatic rings. The van der Waals surface area contributed by atoms with Crippen molar-refractivity contribution in [2.24, 2.45) is 5.10 Å². The van der Waals surface area contributed by atoms with Crippen molar-refractivity contribution in [1.82, 2.24) is 5.01 Å². The summed E-state index contributed by atoms with van der Waals surface area (Å²) in [6.45, 7) is 3.58. The van der Waals surface area contributed by atoms with Gasteiger partial charge in [0, 0.05) is 18.4 Å². The second-order valence-corrected chi connectivity index (χ2v) is 5.92. The highest BCUT2D eigenvalue weighted by molar-refractivity contribution is 6.31. The molecule has 4 heteroatoms. The summed E-state index contributed by atoms with van der Waals surface area (Å²) in [6, 6.07) is 15.7. The number of nitrogens with zero attached hydrogens (tertiary/aromatic N) is 2. The molecule has 0 aromatic heterocycles. The van der Waals surface area contributed by atoms with Gasteiger partial charge in [0.05, 0.1) is 11.8 Å². The summed E-state index contributed by atoms with van der Waals surface area (Å²) < 4.78 is 0. The van der Waals surface area contributed by atoms with E-state index in [1.807, 2.05) is 36.4 Å². The first-order valence-corrected chi connectivity index (χ1v) is 7.63. The van der Waals surface area contributed by atoms with Crippen molar-refractivity contribution in [2.75, 3.05) is 0 Å². The molecule has 0 fully saturated rings. The second-order valence-electron chi connectivity index (χ2n) is 5.52. The summed E-state index contributed by atoms with van der Waals surface area (Å²) >= 11 is 6.30. The van der Waals surface area contributed by atoms with Gasteiger partial charge in [-0.1, -0.05) is 59.6 Å². The van der Waals surface area contributed by atoms with Crippen LogP contribution in [0.2, 0.25) is 5.02 Å². The third-order valence-corrected chi connectivity index (χ3v) is 4.23. The van der Waals surface area contributed by atoms with Gasteiger partial charge in [0.15, 0.2) is 0 Å². The first kappa shape index (κ1) is 14.8. The molecule has 0 spiro atoms. The zero-order valence-corrected chi connectivity index (χ0v) is 13.3. The Labute approximate surface area is 135 Å². The van der Waals surface area contributed by atoms with Crippen LogP contribution in [-0.2, 0) is 4.79 Å². The molecule has 0 saturated carbocycles. The van der Waals surface area contributed by atoms with Crippen molar-refractivity contribution in [3.8, 4) is 0 Å². The molecule has 3 nitrogen and oxygen atoms in total. The van der Waals surface area contributed by atoms with Crippen molar-refractivity contribution in [3.05, 3.63) is 70.2 Å². The van der Waals surface area contributed by atoms with Crippen LogP contribution in [0.25, 0.3) is 0 Å². The molecule has 0 saturated heterocycles. The molecular weight excluding hydrogens is 296 g/mol. The van der Waals surface area contributed by atoms with Gasteiger partial charge in [0.2, 0.25) is 5.91 Å². The number of hydrogen-bond acceptors (Lipinski definition) is 2. The highest BCUT2D eigenvalue weighted by Gasteiger charge is 2.32. The molecule has 1 amide bonds. The fourth-order valence-corrected chi connectivity index (χ4v) is 2.97. The van der Waals surface area contributed by atoms with Gasteiger partial charge in [-0.3, -0.25) is 4.79 Å². The lowest BCUT2D eigenvalue weighted by molar-refractivity contribution is -0.130. The largest absolute Gasteiger partial charge is 0.273 e. The molecule has 1 heterocycles. The first-order chi connectivity index (χ1) is 10.6. The van der Waals surface area contributed by atoms with E-state index in [-0.39, 0.29) is 11.9 Å². The smallest absolute Gasteiger partial charge is 0.240 e. The minimum absolute atomic E-state index is 0.0768. The summed E-state index contributed by atoms with van der Waals surface area (Å²) in [4.78, 5) is 11.9. The molecular formula is C18H17ClN2O. The predicted octanol–water partition coefficient (Wildman–Crippen LogP) is 4.35. The Morgan fingerprint density at radius 2 is 1.86 bits per heavy atom. The Hall–Kier alpha value is -2.13. The fraction of sp³-hybridized carbons (Fsp3) is 0.222. The second kappa shape index (κ2) is 5.93. The van der Waals surface area contributed by atoms with Gasteiger partial charge < -0.3 is 0 Å². The average Bonchev–Trinajstić information content (AvgIpc) is 2.93. The van der Waals surface area contributed by atoms with Crippen LogP contribution >= 0.6 is 11.6 Å². The van der Waals surface area contributed by atoms with E-state index in [0.717, 1.165) is 16.8 Å². The van der Waals surface area contributed by atoms with Crippen LogP contribution in [0.3, 0.4) is 0 Å². The summed E-state index contributed by atoms with van der Waals surface area (Å²) in [7, 11) is 0. The highest BCUT2D eigenvalue weighted by Crippen LogP contribution is 2.36. The van der Waals surface area contributed by atoms with Crippen LogP contribution < -0.4 is 0 Å². The Balaban J connectivity index is 1.96. The first-order valence-electron chi connectivity index (χ1n) is 7.25. The van der Waals surface area contributed by atoms with E-state index in [4.69, 9.17) is 11.6 Å². The van der Waals surface area contributed by atoms with E-state index >= 15 is 0 Å². The number of hydrogen-bond donors (Lipinski definition) is 0. The van der Waals surface area contributed by atoms with Gasteiger partial charge >= 0.3 is 0 Å². The van der Waals surface area contributed by atoms with Crippen molar-refractivity contribution >= 4 is 23.2 Å². The molecule has 0 radical (unpaired) electrons. The summed E-state index contributed by atoms with van der Waals surface area (Å²) in [5.74, 6) is -0.0768. The van der Waals surface area contributed by atoms with Crippen molar-refractivity contribution in [3.63, 3.8) is 0 Å². The minimum Gasteiger partial charge on any atom is -0.273 e. The van der Waals surface area contributed by atoms with Crippen LogP contribution in [0.15, 0.2) is 53.6 Å². The van der Waals surface area contributed by atoms with Gasteiger partial charge in [-0.25, -0.2) is 5.01 Å². The van der Waals surface area contributed by atoms with E-state index in [1.54, 1.807) is 0 Å². The Bertz CT molecular complexity index is 737. The van der Waals surface area contributed by atoms with E-state index in [0.29, 0.717) is 11.4 Å². The number of hydrazone groups is 1. The number of amides is 1. The number of carbonyl (C=O) groups excluding carboxylic acids is 1. The Kier molecular flexibility index (Phi) is 3.99. The minimum atomic E-state index is -0.137. The normalized spacial score (nSPS) is 17.5. The zero-order chi connectivity index (χ0) is 15.7. The molecule has 0 N–H and O–H groups in total. The molecule has 2 aromatic carbocycles. The lowest BCUT2D eigenvalue weighted by Crippen LogP contribution is -2.24. The Morgan fingerprint density at radius 1 is 1.18 bits per heavy atom. The van der Waals surface area contributed by atoms with E-state index < -0.39 is 0 Å². The standard InChI is InChI=1S/C18H17ClN2O/c1-12-7-9-14(10-8-12)17-11-18(21(20-17)13(2)22)15-5-3-4-6-16(15)19/h3-10,18H,11H2,1-2H3. The van der Waals surface area contributed by atoms with Gasteiger partial charge in [0.25, 0.3) is 0 Å². The molecule has 2 aromatic rings. The van der Waals surface area contributed by atoms with Crippen LogP contribution in [0.1, 0.15) is 36.1 Å². The molecule has 1 atom stereocenters. The third-order valence-electron chi connectivity index (χ3n) is 3.88. The predicted molar refractivity (Wildman–Crippen MR) is 89.0 cm³/mol. The summed E-state index contributed by atoms with van der Waals surface area (Å²) in [5.41, 5.74) is 4.10. The fourth-order valence-electron chi connectivity index (χ4n) is 2.71. The Morgan fingerprint density at radius 3 is 2.50 bits per heavy atom. The van der Waals surface area contributed by atoms with Gasteiger partial charge in [-0.05, 0) is 24.1 Å². The van der Waals surface area contributed by atoms with Crippen LogP contribution in [0.5, 0.6) is 0 Å². The zero-order valence-electron chi connectivity index (χ0n) is 12.6. The van der Waals surface area contributed by atoms with Gasteiger partial charge in [0.1, 0.15) is 0 Å². The quantitative estimate of drug-likeness (QED) is 0.811. The topological polar surface area (TPSA) is 32.7 Å². The lowest BCUT2D eigenvalue weighted by atomic mass is 9.98. The molecule has 112 valence electrons. The average molecular weight is 313 g/mol. The van der Waals surface area contributed by atoms with Crippen molar-refractivity contribution in [1.29, 1.82) is 0 Å². The maximum Gasteiger partial charge on any atom is 0.240 e. The van der Waals surface area contributed by atoms with Crippen molar-refractivity contribution < 1.29 is 4.79 Å².